The summed E-state index contributed by atoms with van der Waals surface area (Å²) in [6.07, 6.45) is 10.4. The molecule has 2 heterocycles. The van der Waals surface area contributed by atoms with Crippen LogP contribution in [0.4, 0.5) is 0 Å². The van der Waals surface area contributed by atoms with Crippen LogP contribution in [-0.4, -0.2) is 51.8 Å². The van der Waals surface area contributed by atoms with Gasteiger partial charge in [0.1, 0.15) is 24.9 Å². The van der Waals surface area contributed by atoms with E-state index < -0.39 is 0 Å². The highest BCUT2D eigenvalue weighted by atomic mass is 16.5. The molecule has 1 amide bonds. The third-order valence-electron chi connectivity index (χ3n) is 4.94. The highest BCUT2D eigenvalue weighted by molar-refractivity contribution is 5.75. The smallest absolute Gasteiger partial charge is 0.241 e. The molecule has 28 heavy (non-hydrogen) atoms. The summed E-state index contributed by atoms with van der Waals surface area (Å²) in [5, 5.41) is 6.79. The molecule has 0 atom stereocenters. The van der Waals surface area contributed by atoms with Gasteiger partial charge in [0.05, 0.1) is 6.61 Å². The molecule has 7 heteroatoms. The number of carbonyl (C=O) groups excluding carboxylic acids is 1. The summed E-state index contributed by atoms with van der Waals surface area (Å²) < 4.78 is 7.37. The van der Waals surface area contributed by atoms with Crippen LogP contribution in [0.5, 0.6) is 5.75 Å². The maximum atomic E-state index is 11.8. The summed E-state index contributed by atoms with van der Waals surface area (Å²) in [6.45, 7) is 4.74. The molecule has 0 saturated carbocycles. The quantitative estimate of drug-likeness (QED) is 0.672. The molecule has 0 spiro atoms. The summed E-state index contributed by atoms with van der Waals surface area (Å²) >= 11 is 0. The fourth-order valence-electron chi connectivity index (χ4n) is 3.47. The van der Waals surface area contributed by atoms with E-state index in [0.717, 1.165) is 18.7 Å². The number of hydrogen-bond acceptors (Lipinski definition) is 5. The largest absolute Gasteiger partial charge is 0.494 e. The molecule has 1 aliphatic rings. The van der Waals surface area contributed by atoms with E-state index in [1.165, 1.54) is 68.1 Å². The molecule has 2 aromatic rings. The average Bonchev–Trinajstić information content (AvgIpc) is 3.17. The van der Waals surface area contributed by atoms with Gasteiger partial charge in [-0.25, -0.2) is 9.67 Å². The lowest BCUT2D eigenvalue weighted by atomic mass is 10.1. The van der Waals surface area contributed by atoms with Gasteiger partial charge in [-0.3, -0.25) is 9.69 Å². The Balaban J connectivity index is 1.34. The maximum Gasteiger partial charge on any atom is 0.241 e. The van der Waals surface area contributed by atoms with Gasteiger partial charge in [0, 0.05) is 13.1 Å². The van der Waals surface area contributed by atoms with Crippen LogP contribution >= 0.6 is 0 Å². The Labute approximate surface area is 167 Å². The number of hydrogen-bond donors (Lipinski definition) is 1. The van der Waals surface area contributed by atoms with Crippen molar-refractivity contribution in [2.24, 2.45) is 0 Å². The number of ether oxygens (including phenoxy) is 1. The van der Waals surface area contributed by atoms with Crippen molar-refractivity contribution < 1.29 is 9.53 Å². The zero-order chi connectivity index (χ0) is 19.4. The van der Waals surface area contributed by atoms with Crippen LogP contribution in [-0.2, 0) is 17.9 Å². The Morgan fingerprint density at radius 2 is 1.96 bits per heavy atom. The summed E-state index contributed by atoms with van der Waals surface area (Å²) in [4.78, 5) is 18.2. The predicted octanol–water partition coefficient (Wildman–Crippen LogP) is 2.63. The molecule has 1 N–H and O–H groups in total. The Bertz CT molecular complexity index is 697. The van der Waals surface area contributed by atoms with Crippen molar-refractivity contribution in [3.8, 4) is 5.75 Å². The van der Waals surface area contributed by atoms with Gasteiger partial charge in [0.15, 0.2) is 0 Å². The Kier molecular flexibility index (Phi) is 8.30. The van der Waals surface area contributed by atoms with Crippen molar-refractivity contribution in [1.82, 2.24) is 25.0 Å². The molecule has 7 nitrogen and oxygen atoms in total. The van der Waals surface area contributed by atoms with E-state index in [-0.39, 0.29) is 12.5 Å². The molecular weight excluding hydrogens is 354 g/mol. The lowest BCUT2D eigenvalue weighted by Gasteiger charge is -2.24. The van der Waals surface area contributed by atoms with Crippen LogP contribution in [0, 0.1) is 0 Å². The number of nitrogens with zero attached hydrogens (tertiary/aromatic N) is 4. The molecule has 0 aliphatic carbocycles. The SMILES string of the molecule is O=C(Cn1cncn1)NCCCOc1cccc(CN2CCCCCCC2)c1. The molecule has 1 saturated heterocycles. The first-order valence-electron chi connectivity index (χ1n) is 10.3. The summed E-state index contributed by atoms with van der Waals surface area (Å²) in [6, 6.07) is 8.38. The molecule has 1 aromatic carbocycles. The van der Waals surface area contributed by atoms with Crippen molar-refractivity contribution in [1.29, 1.82) is 0 Å². The predicted molar refractivity (Wildman–Crippen MR) is 108 cm³/mol. The van der Waals surface area contributed by atoms with Gasteiger partial charge < -0.3 is 10.1 Å². The number of carbonyl (C=O) groups is 1. The standard InChI is InChI=1S/C21H31N5O2/c27-21(16-26-18-22-17-24-26)23-10-7-13-28-20-9-6-8-19(14-20)15-25-11-4-2-1-3-5-12-25/h6,8-9,14,17-18H,1-5,7,10-13,15-16H2,(H,23,27). The zero-order valence-electron chi connectivity index (χ0n) is 16.6. The second-order valence-corrected chi connectivity index (χ2v) is 7.34. The minimum absolute atomic E-state index is 0.0688. The van der Waals surface area contributed by atoms with Crippen molar-refractivity contribution in [2.75, 3.05) is 26.2 Å². The van der Waals surface area contributed by atoms with E-state index in [4.69, 9.17) is 4.74 Å². The summed E-state index contributed by atoms with van der Waals surface area (Å²) in [5.41, 5.74) is 1.30. The van der Waals surface area contributed by atoms with Crippen LogP contribution in [0.2, 0.25) is 0 Å². The van der Waals surface area contributed by atoms with E-state index in [0.29, 0.717) is 13.2 Å². The molecule has 3 rings (SSSR count). The highest BCUT2D eigenvalue weighted by Crippen LogP contribution is 2.17. The van der Waals surface area contributed by atoms with Gasteiger partial charge in [-0.15, -0.1) is 0 Å². The molecule has 0 radical (unpaired) electrons. The summed E-state index contributed by atoms with van der Waals surface area (Å²) in [7, 11) is 0. The fraction of sp³-hybridized carbons (Fsp3) is 0.571. The van der Waals surface area contributed by atoms with E-state index in [9.17, 15) is 4.79 Å². The second-order valence-electron chi connectivity index (χ2n) is 7.34. The highest BCUT2D eigenvalue weighted by Gasteiger charge is 2.09. The van der Waals surface area contributed by atoms with Crippen molar-refractivity contribution in [3.63, 3.8) is 0 Å². The molecule has 0 unspecified atom stereocenters. The number of aromatic nitrogens is 3. The van der Waals surface area contributed by atoms with Gasteiger partial charge >= 0.3 is 0 Å². The van der Waals surface area contributed by atoms with Crippen LogP contribution in [0.3, 0.4) is 0 Å². The Hall–Kier alpha value is -2.41. The van der Waals surface area contributed by atoms with Gasteiger partial charge in [0.25, 0.3) is 0 Å². The van der Waals surface area contributed by atoms with E-state index >= 15 is 0 Å². The van der Waals surface area contributed by atoms with Crippen LogP contribution in [0.15, 0.2) is 36.9 Å². The van der Waals surface area contributed by atoms with Gasteiger partial charge in [-0.1, -0.05) is 31.4 Å². The minimum atomic E-state index is -0.0688. The van der Waals surface area contributed by atoms with Crippen LogP contribution in [0.25, 0.3) is 0 Å². The van der Waals surface area contributed by atoms with Gasteiger partial charge in [-0.2, -0.15) is 5.10 Å². The van der Waals surface area contributed by atoms with Crippen molar-refractivity contribution >= 4 is 5.91 Å². The second kappa shape index (κ2) is 11.4. The van der Waals surface area contributed by atoms with Gasteiger partial charge in [-0.05, 0) is 50.0 Å². The first-order valence-corrected chi connectivity index (χ1v) is 10.3. The third-order valence-corrected chi connectivity index (χ3v) is 4.94. The number of nitrogens with one attached hydrogen (secondary N) is 1. The van der Waals surface area contributed by atoms with Gasteiger partial charge in [0.2, 0.25) is 5.91 Å². The maximum absolute atomic E-state index is 11.8. The molecule has 152 valence electrons. The van der Waals surface area contributed by atoms with Crippen molar-refractivity contribution in [2.45, 2.75) is 51.6 Å². The number of benzene rings is 1. The third kappa shape index (κ3) is 7.31. The number of rotatable bonds is 9. The monoisotopic (exact) mass is 385 g/mol. The normalized spacial score (nSPS) is 15.6. The molecular formula is C21H31N5O2. The van der Waals surface area contributed by atoms with E-state index in [1.807, 2.05) is 6.07 Å². The number of amides is 1. The minimum Gasteiger partial charge on any atom is -0.494 e. The average molecular weight is 386 g/mol. The first-order chi connectivity index (χ1) is 13.8. The zero-order valence-corrected chi connectivity index (χ0v) is 16.6. The Morgan fingerprint density at radius 1 is 1.14 bits per heavy atom. The molecule has 0 bridgehead atoms. The first kappa shape index (κ1) is 20.3. The van der Waals surface area contributed by atoms with Crippen LogP contribution < -0.4 is 10.1 Å². The molecule has 1 aromatic heterocycles. The number of likely N-dealkylation sites (tertiary alicyclic amines) is 1. The topological polar surface area (TPSA) is 72.3 Å². The molecule has 1 fully saturated rings. The lowest BCUT2D eigenvalue weighted by Crippen LogP contribution is -2.29. The summed E-state index contributed by atoms with van der Waals surface area (Å²) in [5.74, 6) is 0.833. The van der Waals surface area contributed by atoms with E-state index in [1.54, 1.807) is 0 Å². The van der Waals surface area contributed by atoms with E-state index in [2.05, 4.69) is 38.5 Å². The Morgan fingerprint density at radius 3 is 2.75 bits per heavy atom. The molecule has 1 aliphatic heterocycles. The van der Waals surface area contributed by atoms with Crippen molar-refractivity contribution in [3.05, 3.63) is 42.5 Å². The fourth-order valence-corrected chi connectivity index (χ4v) is 3.47. The van der Waals surface area contributed by atoms with Crippen LogP contribution in [0.1, 0.15) is 44.1 Å². The lowest BCUT2D eigenvalue weighted by molar-refractivity contribution is -0.121.